The number of hydrogen-bond acceptors (Lipinski definition) is 2. The van der Waals surface area contributed by atoms with Gasteiger partial charge in [0.1, 0.15) is 0 Å². The van der Waals surface area contributed by atoms with Crippen LogP contribution in [0.2, 0.25) is 0 Å². The Morgan fingerprint density at radius 1 is 1.04 bits per heavy atom. The van der Waals surface area contributed by atoms with E-state index in [1.807, 2.05) is 31.2 Å². The van der Waals surface area contributed by atoms with Gasteiger partial charge in [0.05, 0.1) is 0 Å². The molecule has 24 heavy (non-hydrogen) atoms. The Kier molecular flexibility index (Phi) is 6.83. The molecule has 1 aromatic rings. The number of anilines is 1. The molecule has 4 heteroatoms. The average Bonchev–Trinajstić information content (AvgIpc) is 2.62. The number of para-hydroxylation sites is 1. The fourth-order valence-electron chi connectivity index (χ4n) is 3.27. The van der Waals surface area contributed by atoms with E-state index < -0.39 is 0 Å². The zero-order valence-corrected chi connectivity index (χ0v) is 15.1. The topological polar surface area (TPSA) is 58.2 Å². The highest BCUT2D eigenvalue weighted by Gasteiger charge is 2.30. The van der Waals surface area contributed by atoms with Crippen molar-refractivity contribution in [1.82, 2.24) is 5.32 Å². The summed E-state index contributed by atoms with van der Waals surface area (Å²) < 4.78 is 0. The highest BCUT2D eigenvalue weighted by Crippen LogP contribution is 2.30. The number of benzene rings is 1. The summed E-state index contributed by atoms with van der Waals surface area (Å²) in [7, 11) is 0. The van der Waals surface area contributed by atoms with Crippen molar-refractivity contribution in [2.75, 3.05) is 5.32 Å². The van der Waals surface area contributed by atoms with E-state index in [0.29, 0.717) is 0 Å². The van der Waals surface area contributed by atoms with Gasteiger partial charge in [-0.05, 0) is 57.1 Å². The standard InChI is InChI=1S/C20H30N2O2/c1-4-14(3)21-19(23)16-10-12-17(13-11-16)20(24)22-18-9-7-6-8-15(18)5-2/h6-9,14,16-17H,4-5,10-13H2,1-3H3,(H,21,23)(H,22,24). The van der Waals surface area contributed by atoms with E-state index in [4.69, 9.17) is 0 Å². The first-order valence-electron chi connectivity index (χ1n) is 9.24. The summed E-state index contributed by atoms with van der Waals surface area (Å²) in [5.41, 5.74) is 2.08. The second-order valence-electron chi connectivity index (χ2n) is 6.87. The Balaban J connectivity index is 1.85. The van der Waals surface area contributed by atoms with Crippen molar-refractivity contribution < 1.29 is 9.59 Å². The van der Waals surface area contributed by atoms with Gasteiger partial charge in [-0.15, -0.1) is 0 Å². The lowest BCUT2D eigenvalue weighted by atomic mass is 9.81. The predicted molar refractivity (Wildman–Crippen MR) is 97.8 cm³/mol. The van der Waals surface area contributed by atoms with Crippen molar-refractivity contribution in [3.8, 4) is 0 Å². The van der Waals surface area contributed by atoms with Gasteiger partial charge in [-0.1, -0.05) is 32.0 Å². The molecule has 1 fully saturated rings. The summed E-state index contributed by atoms with van der Waals surface area (Å²) in [6.45, 7) is 6.19. The summed E-state index contributed by atoms with van der Waals surface area (Å²) in [6.07, 6.45) is 5.03. The highest BCUT2D eigenvalue weighted by atomic mass is 16.2. The quantitative estimate of drug-likeness (QED) is 0.831. The molecule has 132 valence electrons. The van der Waals surface area contributed by atoms with Crippen molar-refractivity contribution in [3.63, 3.8) is 0 Å². The van der Waals surface area contributed by atoms with Crippen LogP contribution < -0.4 is 10.6 Å². The summed E-state index contributed by atoms with van der Waals surface area (Å²) in [5.74, 6) is 0.324. The lowest BCUT2D eigenvalue weighted by molar-refractivity contribution is -0.129. The molecule has 0 spiro atoms. The Morgan fingerprint density at radius 3 is 2.21 bits per heavy atom. The summed E-state index contributed by atoms with van der Waals surface area (Å²) in [6, 6.07) is 8.18. The van der Waals surface area contributed by atoms with Crippen LogP contribution in [0.4, 0.5) is 5.69 Å². The summed E-state index contributed by atoms with van der Waals surface area (Å²) in [5, 5.41) is 6.14. The number of hydrogen-bond donors (Lipinski definition) is 2. The van der Waals surface area contributed by atoms with E-state index in [2.05, 4.69) is 24.5 Å². The van der Waals surface area contributed by atoms with Crippen LogP contribution in [0.5, 0.6) is 0 Å². The SMILES string of the molecule is CCc1ccccc1NC(=O)C1CCC(C(=O)NC(C)CC)CC1. The second kappa shape index (κ2) is 8.86. The number of rotatable bonds is 6. The minimum Gasteiger partial charge on any atom is -0.353 e. The van der Waals surface area contributed by atoms with Crippen molar-refractivity contribution in [1.29, 1.82) is 0 Å². The zero-order chi connectivity index (χ0) is 17.5. The molecule has 2 rings (SSSR count). The zero-order valence-electron chi connectivity index (χ0n) is 15.1. The van der Waals surface area contributed by atoms with Gasteiger partial charge in [-0.25, -0.2) is 0 Å². The molecule has 1 aliphatic carbocycles. The van der Waals surface area contributed by atoms with Gasteiger partial charge in [-0.2, -0.15) is 0 Å². The van der Waals surface area contributed by atoms with Crippen molar-refractivity contribution >= 4 is 17.5 Å². The molecule has 0 heterocycles. The molecular weight excluding hydrogens is 300 g/mol. The van der Waals surface area contributed by atoms with Crippen LogP contribution in [0.3, 0.4) is 0 Å². The van der Waals surface area contributed by atoms with E-state index in [9.17, 15) is 9.59 Å². The largest absolute Gasteiger partial charge is 0.353 e. The number of nitrogens with one attached hydrogen (secondary N) is 2. The van der Waals surface area contributed by atoms with E-state index in [1.165, 1.54) is 0 Å². The van der Waals surface area contributed by atoms with Gasteiger partial charge in [0, 0.05) is 23.6 Å². The molecule has 1 saturated carbocycles. The van der Waals surface area contributed by atoms with Gasteiger partial charge in [0.15, 0.2) is 0 Å². The molecule has 1 aliphatic rings. The van der Waals surface area contributed by atoms with Crippen LogP contribution in [-0.4, -0.2) is 17.9 Å². The van der Waals surface area contributed by atoms with Gasteiger partial charge in [0.25, 0.3) is 0 Å². The minimum atomic E-state index is 0.0163. The third-order valence-electron chi connectivity index (χ3n) is 5.13. The molecule has 0 aliphatic heterocycles. The van der Waals surface area contributed by atoms with Gasteiger partial charge < -0.3 is 10.6 Å². The number of carbonyl (C=O) groups is 2. The normalized spacial score (nSPS) is 21.8. The molecule has 2 N–H and O–H groups in total. The maximum absolute atomic E-state index is 12.5. The molecule has 1 unspecified atom stereocenters. The van der Waals surface area contributed by atoms with E-state index in [0.717, 1.165) is 49.8 Å². The molecule has 0 saturated heterocycles. The van der Waals surface area contributed by atoms with Crippen LogP contribution in [0.15, 0.2) is 24.3 Å². The van der Waals surface area contributed by atoms with E-state index in [-0.39, 0.29) is 29.7 Å². The van der Waals surface area contributed by atoms with Crippen molar-refractivity contribution in [3.05, 3.63) is 29.8 Å². The van der Waals surface area contributed by atoms with E-state index >= 15 is 0 Å². The van der Waals surface area contributed by atoms with Gasteiger partial charge in [0.2, 0.25) is 11.8 Å². The lowest BCUT2D eigenvalue weighted by Crippen LogP contribution is -2.39. The second-order valence-corrected chi connectivity index (χ2v) is 6.87. The predicted octanol–water partition coefficient (Wildman–Crippen LogP) is 3.91. The van der Waals surface area contributed by atoms with Crippen LogP contribution in [-0.2, 0) is 16.0 Å². The third kappa shape index (κ3) is 4.83. The maximum Gasteiger partial charge on any atom is 0.227 e. The lowest BCUT2D eigenvalue weighted by Gasteiger charge is -2.28. The Bertz CT molecular complexity index is 563. The molecule has 1 atom stereocenters. The first kappa shape index (κ1) is 18.5. The smallest absolute Gasteiger partial charge is 0.227 e. The van der Waals surface area contributed by atoms with Crippen LogP contribution in [0, 0.1) is 11.8 Å². The van der Waals surface area contributed by atoms with Crippen LogP contribution in [0.25, 0.3) is 0 Å². The monoisotopic (exact) mass is 330 g/mol. The first-order valence-corrected chi connectivity index (χ1v) is 9.24. The fourth-order valence-corrected chi connectivity index (χ4v) is 3.27. The molecule has 0 radical (unpaired) electrons. The Labute approximate surface area is 145 Å². The summed E-state index contributed by atoms with van der Waals surface area (Å²) in [4.78, 5) is 24.7. The molecule has 2 amide bonds. The Hall–Kier alpha value is -1.84. The van der Waals surface area contributed by atoms with Gasteiger partial charge >= 0.3 is 0 Å². The van der Waals surface area contributed by atoms with Crippen molar-refractivity contribution in [2.24, 2.45) is 11.8 Å². The van der Waals surface area contributed by atoms with Crippen LogP contribution in [0.1, 0.15) is 58.4 Å². The third-order valence-corrected chi connectivity index (χ3v) is 5.13. The van der Waals surface area contributed by atoms with E-state index in [1.54, 1.807) is 0 Å². The average molecular weight is 330 g/mol. The molecule has 0 bridgehead atoms. The number of amides is 2. The number of carbonyl (C=O) groups excluding carboxylic acids is 2. The van der Waals surface area contributed by atoms with Gasteiger partial charge in [-0.3, -0.25) is 9.59 Å². The van der Waals surface area contributed by atoms with Crippen LogP contribution >= 0.6 is 0 Å². The number of aryl methyl sites for hydroxylation is 1. The maximum atomic E-state index is 12.5. The molecule has 0 aromatic heterocycles. The first-order chi connectivity index (χ1) is 11.5. The molecule has 4 nitrogen and oxygen atoms in total. The minimum absolute atomic E-state index is 0.0163. The van der Waals surface area contributed by atoms with Crippen molar-refractivity contribution in [2.45, 2.75) is 65.3 Å². The fraction of sp³-hybridized carbons (Fsp3) is 0.600. The molecular formula is C20H30N2O2. The highest BCUT2D eigenvalue weighted by molar-refractivity contribution is 5.93. The Morgan fingerprint density at radius 2 is 1.62 bits per heavy atom. The summed E-state index contributed by atoms with van der Waals surface area (Å²) >= 11 is 0. The molecule has 1 aromatic carbocycles.